The van der Waals surface area contributed by atoms with Crippen LogP contribution in [0.15, 0.2) is 6.07 Å². The number of hydrogen-bond acceptors (Lipinski definition) is 5. The number of nitrogens with one attached hydrogen (secondary N) is 1. The number of thiophene rings is 1. The van der Waals surface area contributed by atoms with E-state index in [0.29, 0.717) is 26.4 Å². The van der Waals surface area contributed by atoms with Crippen molar-refractivity contribution in [3.63, 3.8) is 0 Å². The molecule has 2 N–H and O–H groups in total. The Bertz CT molecular complexity index is 398. The molecule has 1 unspecified atom stereocenters. The Labute approximate surface area is 131 Å². The topological polar surface area (TPSA) is 50.7 Å². The van der Waals surface area contributed by atoms with E-state index in [1.54, 1.807) is 4.88 Å². The lowest BCUT2D eigenvalue weighted by molar-refractivity contribution is -0.00999. The quantitative estimate of drug-likeness (QED) is 0.650. The third-order valence-electron chi connectivity index (χ3n) is 3.47. The molecule has 0 amide bonds. The van der Waals surface area contributed by atoms with E-state index in [4.69, 9.17) is 9.47 Å². The van der Waals surface area contributed by atoms with Gasteiger partial charge in [0.15, 0.2) is 0 Å². The summed E-state index contributed by atoms with van der Waals surface area (Å²) in [6.45, 7) is 6.87. The number of aliphatic hydroxyl groups excluding tert-OH is 1. The van der Waals surface area contributed by atoms with E-state index in [-0.39, 0.29) is 6.10 Å². The SMILES string of the molecule is CC(C)OCCOCC(O)CNCc1cc2c(s1)CCC2. The molecule has 1 aromatic rings. The van der Waals surface area contributed by atoms with E-state index in [2.05, 4.69) is 11.4 Å². The summed E-state index contributed by atoms with van der Waals surface area (Å²) in [5, 5.41) is 13.1. The molecule has 0 saturated heterocycles. The Morgan fingerprint density at radius 3 is 2.95 bits per heavy atom. The van der Waals surface area contributed by atoms with Gasteiger partial charge in [-0.2, -0.15) is 0 Å². The van der Waals surface area contributed by atoms with Gasteiger partial charge in [0.05, 0.1) is 32.0 Å². The zero-order chi connectivity index (χ0) is 15.1. The predicted octanol–water partition coefficient (Wildman–Crippen LogP) is 2.13. The lowest BCUT2D eigenvalue weighted by Crippen LogP contribution is -2.30. The molecule has 120 valence electrons. The van der Waals surface area contributed by atoms with Gasteiger partial charge >= 0.3 is 0 Å². The smallest absolute Gasteiger partial charge is 0.0897 e. The van der Waals surface area contributed by atoms with Crippen LogP contribution in [0, 0.1) is 0 Å². The molecule has 0 bridgehead atoms. The maximum absolute atomic E-state index is 9.83. The van der Waals surface area contributed by atoms with Crippen LogP contribution < -0.4 is 5.32 Å². The monoisotopic (exact) mass is 313 g/mol. The normalized spacial score (nSPS) is 15.6. The molecule has 0 fully saturated rings. The maximum Gasteiger partial charge on any atom is 0.0897 e. The molecule has 1 heterocycles. The number of ether oxygens (including phenoxy) is 2. The summed E-state index contributed by atoms with van der Waals surface area (Å²) in [4.78, 5) is 2.93. The minimum atomic E-state index is -0.462. The molecule has 1 aliphatic rings. The standard InChI is InChI=1S/C16H27NO3S/c1-12(2)20-7-6-19-11-14(18)9-17-10-15-8-13-4-3-5-16(13)21-15/h8,12,14,17-18H,3-7,9-11H2,1-2H3. The number of hydrogen-bond donors (Lipinski definition) is 2. The van der Waals surface area contributed by atoms with Crippen molar-refractivity contribution in [3.8, 4) is 0 Å². The maximum atomic E-state index is 9.83. The predicted molar refractivity (Wildman–Crippen MR) is 86.0 cm³/mol. The van der Waals surface area contributed by atoms with Gasteiger partial charge in [-0.15, -0.1) is 11.3 Å². The van der Waals surface area contributed by atoms with Crippen LogP contribution in [0.1, 0.15) is 35.6 Å². The number of fused-ring (bicyclic) bond motifs is 1. The first-order chi connectivity index (χ1) is 10.1. The zero-order valence-corrected chi connectivity index (χ0v) is 13.9. The Kier molecular flexibility index (Phi) is 7.13. The molecule has 2 rings (SSSR count). The second-order valence-corrected chi connectivity index (χ2v) is 7.02. The highest BCUT2D eigenvalue weighted by atomic mass is 32.1. The third kappa shape index (κ3) is 6.04. The Morgan fingerprint density at radius 1 is 1.33 bits per heavy atom. The largest absolute Gasteiger partial charge is 0.389 e. The van der Waals surface area contributed by atoms with Crippen molar-refractivity contribution in [1.82, 2.24) is 5.32 Å². The summed E-state index contributed by atoms with van der Waals surface area (Å²) >= 11 is 1.91. The van der Waals surface area contributed by atoms with Crippen LogP contribution in [0.25, 0.3) is 0 Å². The molecule has 0 radical (unpaired) electrons. The van der Waals surface area contributed by atoms with E-state index in [9.17, 15) is 5.11 Å². The molecule has 5 heteroatoms. The second kappa shape index (κ2) is 8.86. The van der Waals surface area contributed by atoms with Crippen molar-refractivity contribution in [3.05, 3.63) is 21.4 Å². The van der Waals surface area contributed by atoms with Crippen LogP contribution >= 0.6 is 11.3 Å². The van der Waals surface area contributed by atoms with E-state index >= 15 is 0 Å². The molecule has 1 atom stereocenters. The number of aryl methyl sites for hydroxylation is 2. The average Bonchev–Trinajstić information content (AvgIpc) is 2.98. The first kappa shape index (κ1) is 16.9. The molecule has 1 aliphatic carbocycles. The van der Waals surface area contributed by atoms with E-state index in [1.165, 1.54) is 29.7 Å². The summed E-state index contributed by atoms with van der Waals surface area (Å²) in [5.41, 5.74) is 1.53. The van der Waals surface area contributed by atoms with E-state index in [0.717, 1.165) is 6.54 Å². The first-order valence-corrected chi connectivity index (χ1v) is 8.65. The second-order valence-electron chi connectivity index (χ2n) is 5.79. The van der Waals surface area contributed by atoms with E-state index < -0.39 is 6.10 Å². The molecule has 21 heavy (non-hydrogen) atoms. The van der Waals surface area contributed by atoms with Gasteiger partial charge in [-0.3, -0.25) is 0 Å². The van der Waals surface area contributed by atoms with Gasteiger partial charge in [-0.05, 0) is 44.7 Å². The van der Waals surface area contributed by atoms with Crippen molar-refractivity contribution in [2.75, 3.05) is 26.4 Å². The molecule has 0 aromatic carbocycles. The van der Waals surface area contributed by atoms with Gasteiger partial charge < -0.3 is 19.9 Å². The van der Waals surface area contributed by atoms with Crippen LogP contribution in [0.3, 0.4) is 0 Å². The molecule has 0 saturated carbocycles. The molecular weight excluding hydrogens is 286 g/mol. The Morgan fingerprint density at radius 2 is 2.19 bits per heavy atom. The zero-order valence-electron chi connectivity index (χ0n) is 13.1. The fourth-order valence-corrected chi connectivity index (χ4v) is 3.69. The third-order valence-corrected chi connectivity index (χ3v) is 4.70. The van der Waals surface area contributed by atoms with E-state index in [1.807, 2.05) is 25.2 Å². The van der Waals surface area contributed by atoms with Gasteiger partial charge in [-0.25, -0.2) is 0 Å². The lowest BCUT2D eigenvalue weighted by Gasteiger charge is -2.13. The molecule has 0 aliphatic heterocycles. The van der Waals surface area contributed by atoms with Gasteiger partial charge in [0.1, 0.15) is 0 Å². The van der Waals surface area contributed by atoms with Crippen molar-refractivity contribution in [2.45, 2.75) is 51.9 Å². The Balaban J connectivity index is 1.51. The van der Waals surface area contributed by atoms with Crippen LogP contribution in [-0.4, -0.2) is 43.7 Å². The fourth-order valence-electron chi connectivity index (χ4n) is 2.46. The minimum Gasteiger partial charge on any atom is -0.389 e. The average molecular weight is 313 g/mol. The summed E-state index contributed by atoms with van der Waals surface area (Å²) in [5.74, 6) is 0. The molecule has 1 aromatic heterocycles. The Hall–Kier alpha value is -0.460. The molecular formula is C16H27NO3S. The van der Waals surface area contributed by atoms with Gasteiger partial charge in [0.25, 0.3) is 0 Å². The summed E-state index contributed by atoms with van der Waals surface area (Å²) in [6, 6.07) is 2.31. The number of rotatable bonds is 10. The summed E-state index contributed by atoms with van der Waals surface area (Å²) in [7, 11) is 0. The highest BCUT2D eigenvalue weighted by molar-refractivity contribution is 7.12. The first-order valence-electron chi connectivity index (χ1n) is 7.83. The van der Waals surface area contributed by atoms with Crippen molar-refractivity contribution in [1.29, 1.82) is 0 Å². The van der Waals surface area contributed by atoms with Crippen LogP contribution in [0.5, 0.6) is 0 Å². The molecule has 4 nitrogen and oxygen atoms in total. The fraction of sp³-hybridized carbons (Fsp3) is 0.750. The lowest BCUT2D eigenvalue weighted by atomic mass is 10.2. The van der Waals surface area contributed by atoms with Crippen LogP contribution in [0.4, 0.5) is 0 Å². The highest BCUT2D eigenvalue weighted by Gasteiger charge is 2.14. The summed E-state index contributed by atoms with van der Waals surface area (Å²) in [6.07, 6.45) is 3.56. The van der Waals surface area contributed by atoms with Crippen molar-refractivity contribution < 1.29 is 14.6 Å². The van der Waals surface area contributed by atoms with Crippen LogP contribution in [-0.2, 0) is 28.9 Å². The van der Waals surface area contributed by atoms with Crippen molar-refractivity contribution in [2.24, 2.45) is 0 Å². The van der Waals surface area contributed by atoms with Crippen LogP contribution in [0.2, 0.25) is 0 Å². The van der Waals surface area contributed by atoms with Crippen molar-refractivity contribution >= 4 is 11.3 Å². The van der Waals surface area contributed by atoms with Gasteiger partial charge in [-0.1, -0.05) is 0 Å². The van der Waals surface area contributed by atoms with Gasteiger partial charge in [0, 0.05) is 22.8 Å². The van der Waals surface area contributed by atoms with Gasteiger partial charge in [0.2, 0.25) is 0 Å². The summed E-state index contributed by atoms with van der Waals surface area (Å²) < 4.78 is 10.8. The molecule has 0 spiro atoms. The minimum absolute atomic E-state index is 0.229. The highest BCUT2D eigenvalue weighted by Crippen LogP contribution is 2.30. The number of aliphatic hydroxyl groups is 1.